The molecule has 180 valence electrons. The van der Waals surface area contributed by atoms with Crippen LogP contribution in [0.4, 0.5) is 5.69 Å². The molecule has 0 radical (unpaired) electrons. The van der Waals surface area contributed by atoms with Gasteiger partial charge in [0.1, 0.15) is 18.2 Å². The monoisotopic (exact) mass is 463 g/mol. The number of Topliss-reactive ketones (excluding diaryl/α,β-unsaturated/α-hetero) is 1. The van der Waals surface area contributed by atoms with Crippen molar-refractivity contribution in [1.82, 2.24) is 9.80 Å². The molecular weight excluding hydrogens is 430 g/mol. The first kappa shape index (κ1) is 22.9. The third-order valence-electron chi connectivity index (χ3n) is 6.84. The molecule has 7 heteroatoms. The lowest BCUT2D eigenvalue weighted by Crippen LogP contribution is -2.43. The van der Waals surface area contributed by atoms with Gasteiger partial charge in [-0.1, -0.05) is 12.1 Å². The molecule has 0 aromatic heterocycles. The van der Waals surface area contributed by atoms with Crippen LogP contribution in [0.2, 0.25) is 0 Å². The molecule has 1 fully saturated rings. The lowest BCUT2D eigenvalue weighted by Gasteiger charge is -2.33. The Morgan fingerprint density at radius 1 is 0.971 bits per heavy atom. The maximum atomic E-state index is 13.1. The van der Waals surface area contributed by atoms with Gasteiger partial charge in [0.2, 0.25) is 5.78 Å². The zero-order valence-electron chi connectivity index (χ0n) is 20.1. The number of benzene rings is 2. The molecule has 0 N–H and O–H groups in total. The molecule has 34 heavy (non-hydrogen) atoms. The molecule has 5 rings (SSSR count). The number of carbonyl (C=O) groups is 1. The van der Waals surface area contributed by atoms with E-state index < -0.39 is 0 Å². The minimum Gasteiger partial charge on any atom is -0.478 e. The van der Waals surface area contributed by atoms with Gasteiger partial charge < -0.3 is 19.1 Å². The molecule has 0 unspecified atom stereocenters. The van der Waals surface area contributed by atoms with E-state index in [0.717, 1.165) is 69.4 Å². The fourth-order valence-electron chi connectivity index (χ4n) is 4.78. The number of fused-ring (bicyclic) bond motifs is 3. The number of carbonyl (C=O) groups excluding carboxylic acids is 1. The number of hydrogen-bond acceptors (Lipinski definition) is 7. The van der Waals surface area contributed by atoms with Crippen LogP contribution in [0.25, 0.3) is 6.08 Å². The van der Waals surface area contributed by atoms with Gasteiger partial charge in [-0.3, -0.25) is 14.6 Å². The van der Waals surface area contributed by atoms with E-state index in [1.54, 1.807) is 0 Å². The summed E-state index contributed by atoms with van der Waals surface area (Å²) >= 11 is 0. The molecular formula is C27H33N3O4. The van der Waals surface area contributed by atoms with Crippen molar-refractivity contribution < 1.29 is 19.0 Å². The molecule has 3 aliphatic heterocycles. The minimum absolute atomic E-state index is 0.0731. The Morgan fingerprint density at radius 3 is 2.44 bits per heavy atom. The van der Waals surface area contributed by atoms with E-state index in [9.17, 15) is 4.79 Å². The van der Waals surface area contributed by atoms with Gasteiger partial charge in [0, 0.05) is 51.5 Å². The van der Waals surface area contributed by atoms with Crippen LogP contribution in [-0.2, 0) is 11.3 Å². The summed E-state index contributed by atoms with van der Waals surface area (Å²) in [6.07, 6.45) is 1.83. The van der Waals surface area contributed by atoms with Crippen LogP contribution in [0.1, 0.15) is 35.3 Å². The molecule has 0 spiro atoms. The molecule has 0 saturated carbocycles. The summed E-state index contributed by atoms with van der Waals surface area (Å²) in [4.78, 5) is 20.1. The summed E-state index contributed by atoms with van der Waals surface area (Å²) in [7, 11) is 0. The summed E-state index contributed by atoms with van der Waals surface area (Å²) in [6.45, 7) is 12.9. The molecule has 0 atom stereocenters. The number of ketones is 1. The average Bonchev–Trinajstić information content (AvgIpc) is 3.20. The highest BCUT2D eigenvalue weighted by molar-refractivity contribution is 6.15. The smallest absolute Gasteiger partial charge is 0.231 e. The van der Waals surface area contributed by atoms with Crippen LogP contribution in [-0.4, -0.2) is 74.8 Å². The lowest BCUT2D eigenvalue weighted by molar-refractivity contribution is 0.0239. The summed E-state index contributed by atoms with van der Waals surface area (Å²) in [5.74, 6) is 1.74. The van der Waals surface area contributed by atoms with E-state index in [-0.39, 0.29) is 5.78 Å². The Kier molecular flexibility index (Phi) is 6.85. The van der Waals surface area contributed by atoms with Crippen molar-refractivity contribution in [3.8, 4) is 11.5 Å². The van der Waals surface area contributed by atoms with Crippen LogP contribution >= 0.6 is 0 Å². The second kappa shape index (κ2) is 10.2. The van der Waals surface area contributed by atoms with Crippen LogP contribution in [0.15, 0.2) is 42.2 Å². The van der Waals surface area contributed by atoms with Crippen molar-refractivity contribution in [1.29, 1.82) is 0 Å². The SMILES string of the molecule is CCN(CC)c1ccc(/C=C2\Oc3c(ccc4c3CN(CCN3CCOCC3)CO4)C2=O)cc1. The van der Waals surface area contributed by atoms with Crippen molar-refractivity contribution in [2.75, 3.05) is 64.1 Å². The van der Waals surface area contributed by atoms with Crippen LogP contribution in [0.5, 0.6) is 11.5 Å². The van der Waals surface area contributed by atoms with Crippen molar-refractivity contribution in [2.24, 2.45) is 0 Å². The number of rotatable bonds is 7. The van der Waals surface area contributed by atoms with Crippen molar-refractivity contribution in [3.63, 3.8) is 0 Å². The number of anilines is 1. The quantitative estimate of drug-likeness (QED) is 0.581. The molecule has 0 amide bonds. The highest BCUT2D eigenvalue weighted by Crippen LogP contribution is 2.42. The van der Waals surface area contributed by atoms with E-state index in [1.807, 2.05) is 30.3 Å². The third kappa shape index (κ3) is 4.69. The van der Waals surface area contributed by atoms with E-state index in [2.05, 4.69) is 40.7 Å². The number of hydrogen-bond donors (Lipinski definition) is 0. The normalized spacial score (nSPS) is 19.5. The van der Waals surface area contributed by atoms with Gasteiger partial charge >= 0.3 is 0 Å². The maximum absolute atomic E-state index is 13.1. The Bertz CT molecular complexity index is 1060. The summed E-state index contributed by atoms with van der Waals surface area (Å²) in [5.41, 5.74) is 3.70. The minimum atomic E-state index is -0.0731. The van der Waals surface area contributed by atoms with Crippen LogP contribution in [0.3, 0.4) is 0 Å². The topological polar surface area (TPSA) is 54.5 Å². The summed E-state index contributed by atoms with van der Waals surface area (Å²) < 4.78 is 17.6. The van der Waals surface area contributed by atoms with Crippen molar-refractivity contribution in [3.05, 3.63) is 58.8 Å². The Labute approximate surface area is 201 Å². The van der Waals surface area contributed by atoms with Gasteiger partial charge in [0.05, 0.1) is 24.3 Å². The molecule has 7 nitrogen and oxygen atoms in total. The van der Waals surface area contributed by atoms with Crippen molar-refractivity contribution >= 4 is 17.5 Å². The molecule has 3 aliphatic rings. The number of nitrogens with zero attached hydrogens (tertiary/aromatic N) is 3. The largest absolute Gasteiger partial charge is 0.478 e. The first-order valence-corrected chi connectivity index (χ1v) is 12.3. The number of morpholine rings is 1. The summed E-state index contributed by atoms with van der Waals surface area (Å²) in [5, 5.41) is 0. The van der Waals surface area contributed by atoms with Gasteiger partial charge in [-0.05, 0) is 49.8 Å². The Balaban J connectivity index is 1.30. The van der Waals surface area contributed by atoms with E-state index in [4.69, 9.17) is 14.2 Å². The molecule has 2 aromatic rings. The van der Waals surface area contributed by atoms with Gasteiger partial charge in [-0.15, -0.1) is 0 Å². The van der Waals surface area contributed by atoms with E-state index in [0.29, 0.717) is 30.3 Å². The third-order valence-corrected chi connectivity index (χ3v) is 6.84. The number of ether oxygens (including phenoxy) is 3. The fourth-order valence-corrected chi connectivity index (χ4v) is 4.78. The van der Waals surface area contributed by atoms with E-state index >= 15 is 0 Å². The first-order valence-electron chi connectivity index (χ1n) is 12.3. The second-order valence-electron chi connectivity index (χ2n) is 8.90. The van der Waals surface area contributed by atoms with Crippen LogP contribution < -0.4 is 14.4 Å². The average molecular weight is 464 g/mol. The van der Waals surface area contributed by atoms with Crippen molar-refractivity contribution in [2.45, 2.75) is 20.4 Å². The summed E-state index contributed by atoms with van der Waals surface area (Å²) in [6, 6.07) is 12.0. The number of allylic oxidation sites excluding steroid dienone is 1. The molecule has 0 aliphatic carbocycles. The predicted octanol–water partition coefficient (Wildman–Crippen LogP) is 3.63. The lowest BCUT2D eigenvalue weighted by atomic mass is 10.0. The Hall–Kier alpha value is -2.87. The zero-order valence-corrected chi connectivity index (χ0v) is 20.1. The van der Waals surface area contributed by atoms with Gasteiger partial charge in [0.15, 0.2) is 5.76 Å². The molecule has 2 aromatic carbocycles. The highest BCUT2D eigenvalue weighted by Gasteiger charge is 2.33. The van der Waals surface area contributed by atoms with E-state index in [1.165, 1.54) is 5.69 Å². The van der Waals surface area contributed by atoms with Gasteiger partial charge in [-0.2, -0.15) is 0 Å². The van der Waals surface area contributed by atoms with Crippen LogP contribution in [0, 0.1) is 0 Å². The molecule has 1 saturated heterocycles. The molecule has 0 bridgehead atoms. The predicted molar refractivity (Wildman–Crippen MR) is 133 cm³/mol. The second-order valence-corrected chi connectivity index (χ2v) is 8.90. The Morgan fingerprint density at radius 2 is 1.71 bits per heavy atom. The van der Waals surface area contributed by atoms with Gasteiger partial charge in [-0.25, -0.2) is 0 Å². The standard InChI is InChI=1S/C27H33N3O4/c1-3-30(4-2)21-7-5-20(6-8-21)17-25-26(31)22-9-10-24-23(27(22)34-25)18-29(19-33-24)12-11-28-13-15-32-16-14-28/h5-10,17H,3-4,11-16,18-19H2,1-2H3/b25-17-. The molecule has 3 heterocycles. The fraction of sp³-hybridized carbons (Fsp3) is 0.444. The zero-order chi connectivity index (χ0) is 23.5. The van der Waals surface area contributed by atoms with Gasteiger partial charge in [0.25, 0.3) is 0 Å². The highest BCUT2D eigenvalue weighted by atomic mass is 16.5. The first-order chi connectivity index (χ1) is 16.7. The maximum Gasteiger partial charge on any atom is 0.231 e.